The van der Waals surface area contributed by atoms with Crippen LogP contribution < -0.4 is 0 Å². The monoisotopic (exact) mass is 393 g/mol. The number of thiazole rings is 1. The predicted octanol–water partition coefficient (Wildman–Crippen LogP) is 6.06. The molecule has 132 valence electrons. The summed E-state index contributed by atoms with van der Waals surface area (Å²) in [7, 11) is 0. The molecular weight excluding hydrogens is 374 g/mol. The fourth-order valence-electron chi connectivity index (χ4n) is 2.26. The zero-order valence-corrected chi connectivity index (χ0v) is 16.9. The Morgan fingerprint density at radius 2 is 2.04 bits per heavy atom. The Labute approximate surface area is 158 Å². The number of carboxylic acids is 1. The lowest BCUT2D eigenvalue weighted by Crippen LogP contribution is -2.09. The third-order valence-corrected chi connectivity index (χ3v) is 6.72. The summed E-state index contributed by atoms with van der Waals surface area (Å²) in [6.45, 7) is 8.36. The molecule has 0 radical (unpaired) electrons. The highest BCUT2D eigenvalue weighted by Gasteiger charge is 2.21. The van der Waals surface area contributed by atoms with E-state index in [0.717, 1.165) is 38.4 Å². The van der Waals surface area contributed by atoms with Gasteiger partial charge in [-0.05, 0) is 19.1 Å². The van der Waals surface area contributed by atoms with Crippen molar-refractivity contribution < 1.29 is 14.3 Å². The van der Waals surface area contributed by atoms with Crippen LogP contribution in [0.3, 0.4) is 0 Å². The van der Waals surface area contributed by atoms with Crippen LogP contribution in [0.25, 0.3) is 11.3 Å². The molecule has 1 N–H and O–H groups in total. The number of thiophene rings is 1. The maximum absolute atomic E-state index is 10.9. The Morgan fingerprint density at radius 3 is 2.64 bits per heavy atom. The second-order valence-corrected chi connectivity index (χ2v) is 9.60. The van der Waals surface area contributed by atoms with Gasteiger partial charge < -0.3 is 9.52 Å². The molecule has 3 heterocycles. The van der Waals surface area contributed by atoms with Crippen molar-refractivity contribution in [2.75, 3.05) is 0 Å². The fourth-order valence-corrected chi connectivity index (χ4v) is 4.94. The van der Waals surface area contributed by atoms with Gasteiger partial charge in [-0.25, -0.2) is 9.78 Å². The minimum Gasteiger partial charge on any atom is -0.477 e. The molecule has 25 heavy (non-hydrogen) atoms. The van der Waals surface area contributed by atoms with Crippen LogP contribution in [0.4, 0.5) is 0 Å². The Balaban J connectivity index is 1.72. The summed E-state index contributed by atoms with van der Waals surface area (Å²) in [6, 6.07) is 3.79. The van der Waals surface area contributed by atoms with E-state index in [2.05, 4.69) is 32.2 Å². The van der Waals surface area contributed by atoms with Gasteiger partial charge in [-0.15, -0.1) is 34.4 Å². The van der Waals surface area contributed by atoms with E-state index in [0.29, 0.717) is 4.88 Å². The van der Waals surface area contributed by atoms with Crippen molar-refractivity contribution >= 4 is 40.4 Å². The van der Waals surface area contributed by atoms with Crippen molar-refractivity contribution in [2.45, 2.75) is 43.8 Å². The van der Waals surface area contributed by atoms with Crippen LogP contribution in [0.2, 0.25) is 0 Å². The van der Waals surface area contributed by atoms with Crippen LogP contribution in [-0.2, 0) is 11.2 Å². The number of rotatable bonds is 5. The van der Waals surface area contributed by atoms with Crippen LogP contribution in [0.5, 0.6) is 0 Å². The van der Waals surface area contributed by atoms with Crippen LogP contribution in [0, 0.1) is 6.92 Å². The molecule has 0 aliphatic rings. The molecule has 0 atom stereocenters. The van der Waals surface area contributed by atoms with Gasteiger partial charge in [0.2, 0.25) is 0 Å². The Morgan fingerprint density at radius 1 is 1.28 bits per heavy atom. The number of aromatic carboxylic acids is 1. The smallest absolute Gasteiger partial charge is 0.345 e. The lowest BCUT2D eigenvalue weighted by Gasteiger charge is -2.13. The highest BCUT2D eigenvalue weighted by Crippen LogP contribution is 2.35. The summed E-state index contributed by atoms with van der Waals surface area (Å²) in [5, 5.41) is 13.9. The van der Waals surface area contributed by atoms with Crippen LogP contribution in [0.15, 0.2) is 32.2 Å². The molecule has 0 aliphatic heterocycles. The van der Waals surface area contributed by atoms with E-state index in [9.17, 15) is 4.79 Å². The molecule has 4 nitrogen and oxygen atoms in total. The first kappa shape index (κ1) is 18.2. The molecule has 3 aromatic heterocycles. The first-order chi connectivity index (χ1) is 11.7. The number of hydrogen-bond donors (Lipinski definition) is 1. The van der Waals surface area contributed by atoms with E-state index >= 15 is 0 Å². The average Bonchev–Trinajstić information content (AvgIpc) is 3.23. The number of furan rings is 1. The molecule has 7 heteroatoms. The van der Waals surface area contributed by atoms with Gasteiger partial charge in [0.1, 0.15) is 21.4 Å². The average molecular weight is 394 g/mol. The molecule has 0 aliphatic carbocycles. The van der Waals surface area contributed by atoms with Gasteiger partial charge in [0.15, 0.2) is 0 Å². The van der Waals surface area contributed by atoms with Gasteiger partial charge in [-0.2, -0.15) is 0 Å². The summed E-state index contributed by atoms with van der Waals surface area (Å²) >= 11 is 4.47. The van der Waals surface area contributed by atoms with Crippen molar-refractivity contribution in [1.82, 2.24) is 4.98 Å². The fraction of sp³-hybridized carbons (Fsp3) is 0.333. The lowest BCUT2D eigenvalue weighted by molar-refractivity contribution is 0.0702. The van der Waals surface area contributed by atoms with E-state index in [1.807, 2.05) is 12.3 Å². The quantitative estimate of drug-likeness (QED) is 0.534. The maximum Gasteiger partial charge on any atom is 0.345 e. The van der Waals surface area contributed by atoms with Crippen molar-refractivity contribution in [3.8, 4) is 11.3 Å². The third kappa shape index (κ3) is 4.16. The number of aromatic nitrogens is 1. The second kappa shape index (κ2) is 6.97. The third-order valence-electron chi connectivity index (χ3n) is 3.63. The van der Waals surface area contributed by atoms with E-state index in [1.54, 1.807) is 29.2 Å². The summed E-state index contributed by atoms with van der Waals surface area (Å²) < 4.78 is 5.90. The molecule has 0 saturated heterocycles. The topological polar surface area (TPSA) is 63.3 Å². The number of nitrogens with zero attached hydrogens (tertiary/aromatic N) is 1. The number of aryl methyl sites for hydroxylation is 1. The van der Waals surface area contributed by atoms with Crippen LogP contribution in [0.1, 0.15) is 47.0 Å². The summed E-state index contributed by atoms with van der Waals surface area (Å²) in [5.41, 5.74) is 1.95. The molecular formula is C18H19NO3S3. The SMILES string of the molecule is Cc1oc(C(C)(C)C)cc1-c1csc(CSc2csc(C(=O)O)c2)n1. The molecule has 0 saturated carbocycles. The molecule has 0 fully saturated rings. The standard InChI is InChI=1S/C18H19NO3S3/c1-10-12(6-15(22-10)18(2,3)4)13-8-25-16(19-13)9-23-11-5-14(17(20)21)24-7-11/h5-8H,9H2,1-4H3,(H,20,21). The van der Waals surface area contributed by atoms with E-state index < -0.39 is 5.97 Å². The van der Waals surface area contributed by atoms with E-state index in [1.165, 1.54) is 11.3 Å². The molecule has 3 aromatic rings. The van der Waals surface area contributed by atoms with Gasteiger partial charge in [-0.3, -0.25) is 0 Å². The van der Waals surface area contributed by atoms with Gasteiger partial charge in [0, 0.05) is 26.6 Å². The van der Waals surface area contributed by atoms with Crippen molar-refractivity contribution in [3.63, 3.8) is 0 Å². The largest absolute Gasteiger partial charge is 0.477 e. The van der Waals surface area contributed by atoms with Crippen molar-refractivity contribution in [2.24, 2.45) is 0 Å². The number of carboxylic acid groups (broad SMARTS) is 1. The molecule has 0 aromatic carbocycles. The summed E-state index contributed by atoms with van der Waals surface area (Å²) in [4.78, 5) is 17.0. The molecule has 0 spiro atoms. The normalized spacial score (nSPS) is 11.8. The highest BCUT2D eigenvalue weighted by atomic mass is 32.2. The second-order valence-electron chi connectivity index (χ2n) is 6.70. The highest BCUT2D eigenvalue weighted by molar-refractivity contribution is 7.98. The van der Waals surface area contributed by atoms with Gasteiger partial charge >= 0.3 is 5.97 Å². The maximum atomic E-state index is 10.9. The van der Waals surface area contributed by atoms with Crippen molar-refractivity contribution in [1.29, 1.82) is 0 Å². The van der Waals surface area contributed by atoms with E-state index in [-0.39, 0.29) is 5.41 Å². The van der Waals surface area contributed by atoms with Gasteiger partial charge in [0.05, 0.1) is 11.4 Å². The van der Waals surface area contributed by atoms with Crippen LogP contribution in [-0.4, -0.2) is 16.1 Å². The van der Waals surface area contributed by atoms with Gasteiger partial charge in [-0.1, -0.05) is 20.8 Å². The Hall–Kier alpha value is -1.57. The molecule has 0 bridgehead atoms. The molecule has 0 amide bonds. The van der Waals surface area contributed by atoms with Crippen LogP contribution >= 0.6 is 34.4 Å². The first-order valence-electron chi connectivity index (χ1n) is 7.74. The predicted molar refractivity (Wildman–Crippen MR) is 104 cm³/mol. The zero-order chi connectivity index (χ0) is 18.2. The minimum atomic E-state index is -0.876. The number of hydrogen-bond acceptors (Lipinski definition) is 6. The van der Waals surface area contributed by atoms with Crippen molar-refractivity contribution in [3.05, 3.63) is 44.3 Å². The lowest BCUT2D eigenvalue weighted by atomic mass is 9.93. The first-order valence-corrected chi connectivity index (χ1v) is 10.5. The zero-order valence-electron chi connectivity index (χ0n) is 14.5. The Bertz CT molecular complexity index is 899. The molecule has 0 unspecified atom stereocenters. The minimum absolute atomic E-state index is 0.0293. The summed E-state index contributed by atoms with van der Waals surface area (Å²) in [6.07, 6.45) is 0. The summed E-state index contributed by atoms with van der Waals surface area (Å²) in [5.74, 6) is 1.70. The molecule has 3 rings (SSSR count). The Kier molecular flexibility index (Phi) is 5.09. The van der Waals surface area contributed by atoms with Gasteiger partial charge in [0.25, 0.3) is 0 Å². The van der Waals surface area contributed by atoms with E-state index in [4.69, 9.17) is 14.5 Å². The number of thioether (sulfide) groups is 1. The number of carbonyl (C=O) groups is 1.